The zero-order valence-corrected chi connectivity index (χ0v) is 30.8. The molecule has 260 valence electrons. The van der Waals surface area contributed by atoms with Gasteiger partial charge in [0.1, 0.15) is 11.2 Å². The van der Waals surface area contributed by atoms with Crippen molar-refractivity contribution in [1.82, 2.24) is 9.13 Å². The van der Waals surface area contributed by atoms with E-state index in [9.17, 15) is 0 Å². The molecule has 13 aromatic rings. The molecule has 0 unspecified atom stereocenters. The fourth-order valence-electron chi connectivity index (χ4n) is 9.30. The second-order valence-corrected chi connectivity index (χ2v) is 16.0. The zero-order valence-electron chi connectivity index (χ0n) is 30.0. The van der Waals surface area contributed by atoms with Crippen LogP contribution in [-0.4, -0.2) is 9.13 Å². The van der Waals surface area contributed by atoms with Crippen molar-refractivity contribution in [2.75, 3.05) is 0 Å². The number of rotatable bonds is 3. The van der Waals surface area contributed by atoms with E-state index in [-0.39, 0.29) is 0 Å². The standard InChI is InChI=1S/C52H30N2OS/c1-2-10-32-25-35(20-17-31(32)9-1)53-45-14-6-3-11-37(45)41-26-33(18-23-47(41)53)34-19-24-48-42(27-34)38-12-4-7-15-46(38)54(48)36-21-22-40-44-29-50-43(30-52(44)56-51(40)28-36)39-13-5-8-16-49(39)55-50/h1-30H. The molecule has 0 bridgehead atoms. The fraction of sp³-hybridized carbons (Fsp3) is 0. The largest absolute Gasteiger partial charge is 0.456 e. The Morgan fingerprint density at radius 1 is 0.321 bits per heavy atom. The maximum absolute atomic E-state index is 6.27. The molecule has 13 rings (SSSR count). The van der Waals surface area contributed by atoms with Crippen LogP contribution < -0.4 is 0 Å². The number of para-hydroxylation sites is 3. The first-order valence-electron chi connectivity index (χ1n) is 19.1. The highest BCUT2D eigenvalue weighted by molar-refractivity contribution is 7.25. The predicted molar refractivity (Wildman–Crippen MR) is 238 cm³/mol. The third-order valence-corrected chi connectivity index (χ3v) is 13.0. The van der Waals surface area contributed by atoms with Crippen molar-refractivity contribution in [2.24, 2.45) is 0 Å². The summed E-state index contributed by atoms with van der Waals surface area (Å²) in [5, 5.41) is 12.4. The molecule has 4 aromatic heterocycles. The van der Waals surface area contributed by atoms with Crippen LogP contribution >= 0.6 is 11.3 Å². The van der Waals surface area contributed by atoms with Gasteiger partial charge in [-0.3, -0.25) is 0 Å². The van der Waals surface area contributed by atoms with E-state index in [4.69, 9.17) is 4.42 Å². The summed E-state index contributed by atoms with van der Waals surface area (Å²) in [6.07, 6.45) is 0. The van der Waals surface area contributed by atoms with Gasteiger partial charge in [-0.1, -0.05) is 103 Å². The highest BCUT2D eigenvalue weighted by atomic mass is 32.1. The molecule has 0 atom stereocenters. The Morgan fingerprint density at radius 3 is 1.62 bits per heavy atom. The molecule has 9 aromatic carbocycles. The van der Waals surface area contributed by atoms with E-state index in [0.717, 1.165) is 11.2 Å². The summed E-state index contributed by atoms with van der Waals surface area (Å²) in [5.74, 6) is 0. The van der Waals surface area contributed by atoms with E-state index in [1.54, 1.807) is 0 Å². The van der Waals surface area contributed by atoms with E-state index in [2.05, 4.69) is 179 Å². The van der Waals surface area contributed by atoms with E-state index in [0.29, 0.717) is 0 Å². The summed E-state index contributed by atoms with van der Waals surface area (Å²) >= 11 is 1.86. The van der Waals surface area contributed by atoms with Gasteiger partial charge in [-0.15, -0.1) is 11.3 Å². The first-order chi connectivity index (χ1) is 27.7. The normalized spacial score (nSPS) is 12.3. The van der Waals surface area contributed by atoms with Crippen molar-refractivity contribution in [3.8, 4) is 22.5 Å². The Kier molecular flexibility index (Phi) is 6.04. The van der Waals surface area contributed by atoms with Crippen molar-refractivity contribution in [1.29, 1.82) is 0 Å². The smallest absolute Gasteiger partial charge is 0.136 e. The van der Waals surface area contributed by atoms with Crippen molar-refractivity contribution < 1.29 is 4.42 Å². The summed E-state index contributed by atoms with van der Waals surface area (Å²) in [4.78, 5) is 0. The first kappa shape index (κ1) is 30.2. The van der Waals surface area contributed by atoms with Gasteiger partial charge in [0, 0.05) is 63.9 Å². The molecule has 0 fully saturated rings. The minimum absolute atomic E-state index is 0.936. The van der Waals surface area contributed by atoms with Crippen LogP contribution in [0.4, 0.5) is 0 Å². The molecule has 56 heavy (non-hydrogen) atoms. The second-order valence-electron chi connectivity index (χ2n) is 14.9. The molecule has 0 aliphatic rings. The lowest BCUT2D eigenvalue weighted by Gasteiger charge is -2.10. The van der Waals surface area contributed by atoms with Crippen molar-refractivity contribution in [2.45, 2.75) is 0 Å². The molecule has 0 saturated heterocycles. The Labute approximate surface area is 324 Å². The van der Waals surface area contributed by atoms with Crippen LogP contribution in [0, 0.1) is 0 Å². The van der Waals surface area contributed by atoms with Crippen LogP contribution in [0.5, 0.6) is 0 Å². The molecule has 4 heterocycles. The van der Waals surface area contributed by atoms with Crippen LogP contribution in [0.3, 0.4) is 0 Å². The van der Waals surface area contributed by atoms with E-state index in [1.807, 2.05) is 23.5 Å². The third kappa shape index (κ3) is 4.22. The van der Waals surface area contributed by atoms with Crippen LogP contribution in [-0.2, 0) is 0 Å². The summed E-state index contributed by atoms with van der Waals surface area (Å²) < 4.78 is 13.7. The lowest BCUT2D eigenvalue weighted by molar-refractivity contribution is 0.669. The number of thiophene rings is 1. The molecule has 4 heteroatoms. The van der Waals surface area contributed by atoms with Crippen molar-refractivity contribution in [3.63, 3.8) is 0 Å². The monoisotopic (exact) mass is 730 g/mol. The van der Waals surface area contributed by atoms with E-state index in [1.165, 1.54) is 108 Å². The number of fused-ring (bicyclic) bond motifs is 13. The Balaban J connectivity index is 0.957. The van der Waals surface area contributed by atoms with Crippen LogP contribution in [0.25, 0.3) is 119 Å². The number of nitrogens with zero attached hydrogens (tertiary/aromatic N) is 2. The van der Waals surface area contributed by atoms with Gasteiger partial charge in [0.2, 0.25) is 0 Å². The van der Waals surface area contributed by atoms with Gasteiger partial charge in [0.05, 0.1) is 22.1 Å². The van der Waals surface area contributed by atoms with Crippen LogP contribution in [0.15, 0.2) is 186 Å². The molecule has 0 aliphatic carbocycles. The number of hydrogen-bond acceptors (Lipinski definition) is 2. The molecular formula is C52H30N2OS. The lowest BCUT2D eigenvalue weighted by atomic mass is 10.0. The molecule has 0 amide bonds. The van der Waals surface area contributed by atoms with Gasteiger partial charge < -0.3 is 13.6 Å². The molecule has 0 aliphatic heterocycles. The van der Waals surface area contributed by atoms with Crippen LogP contribution in [0.2, 0.25) is 0 Å². The average molecular weight is 731 g/mol. The SMILES string of the molecule is c1ccc2cc(-n3c4ccccc4c4cc(-c5ccc6c(c5)c5ccccc5n6-c5ccc6c(c5)sc5cc7c(cc56)oc5ccccc57)ccc43)ccc2c1. The molecule has 0 spiro atoms. The molecule has 0 N–H and O–H groups in total. The van der Waals surface area contributed by atoms with Crippen molar-refractivity contribution in [3.05, 3.63) is 182 Å². The highest BCUT2D eigenvalue weighted by Gasteiger charge is 2.18. The third-order valence-electron chi connectivity index (χ3n) is 11.9. The first-order valence-corrected chi connectivity index (χ1v) is 19.9. The van der Waals surface area contributed by atoms with E-state index < -0.39 is 0 Å². The number of benzene rings is 9. The Bertz CT molecular complexity index is 3780. The molecule has 0 radical (unpaired) electrons. The molecular weight excluding hydrogens is 701 g/mol. The maximum atomic E-state index is 6.27. The Morgan fingerprint density at radius 2 is 0.893 bits per heavy atom. The number of furan rings is 1. The van der Waals surface area contributed by atoms with E-state index >= 15 is 0 Å². The van der Waals surface area contributed by atoms with Gasteiger partial charge in [-0.25, -0.2) is 0 Å². The summed E-state index contributed by atoms with van der Waals surface area (Å²) in [7, 11) is 0. The predicted octanol–water partition coefficient (Wildman–Crippen LogP) is 15.0. The van der Waals surface area contributed by atoms with Gasteiger partial charge >= 0.3 is 0 Å². The number of aromatic nitrogens is 2. The van der Waals surface area contributed by atoms with Crippen molar-refractivity contribution >= 4 is 108 Å². The van der Waals surface area contributed by atoms with Gasteiger partial charge in [0.15, 0.2) is 0 Å². The maximum Gasteiger partial charge on any atom is 0.136 e. The Hall–Kier alpha value is -7.14. The molecule has 0 saturated carbocycles. The lowest BCUT2D eigenvalue weighted by Crippen LogP contribution is -1.94. The molecule has 3 nitrogen and oxygen atoms in total. The number of hydrogen-bond donors (Lipinski definition) is 0. The van der Waals surface area contributed by atoms with Crippen LogP contribution in [0.1, 0.15) is 0 Å². The average Bonchev–Trinajstić information content (AvgIpc) is 3.99. The summed E-state index contributed by atoms with van der Waals surface area (Å²) in [6.45, 7) is 0. The zero-order chi connectivity index (χ0) is 36.5. The van der Waals surface area contributed by atoms with Gasteiger partial charge in [-0.2, -0.15) is 0 Å². The topological polar surface area (TPSA) is 23.0 Å². The fourth-order valence-corrected chi connectivity index (χ4v) is 10.5. The quantitative estimate of drug-likeness (QED) is 0.177. The second kappa shape index (κ2) is 11.2. The minimum Gasteiger partial charge on any atom is -0.456 e. The van der Waals surface area contributed by atoms with Gasteiger partial charge in [-0.05, 0) is 101 Å². The highest BCUT2D eigenvalue weighted by Crippen LogP contribution is 2.42. The summed E-state index contributed by atoms with van der Waals surface area (Å²) in [6, 6.07) is 66.7. The summed E-state index contributed by atoms with van der Waals surface area (Å²) in [5.41, 5.74) is 11.5. The minimum atomic E-state index is 0.936. The van der Waals surface area contributed by atoms with Gasteiger partial charge in [0.25, 0.3) is 0 Å².